The molecule has 0 radical (unpaired) electrons. The highest BCUT2D eigenvalue weighted by Crippen LogP contribution is 2.37. The number of anilines is 1. The zero-order valence-corrected chi connectivity index (χ0v) is 11.2. The highest BCUT2D eigenvalue weighted by Gasteiger charge is 2.21. The van der Waals surface area contributed by atoms with Gasteiger partial charge in [0.05, 0.1) is 11.8 Å². The number of nitrogens with two attached hydrogens (primary N) is 1. The van der Waals surface area contributed by atoms with Crippen LogP contribution in [-0.2, 0) is 7.05 Å². The molecule has 0 fully saturated rings. The van der Waals surface area contributed by atoms with E-state index in [0.29, 0.717) is 11.3 Å². The Morgan fingerprint density at radius 2 is 1.81 bits per heavy atom. The van der Waals surface area contributed by atoms with E-state index in [1.807, 2.05) is 0 Å². The van der Waals surface area contributed by atoms with Gasteiger partial charge < -0.3 is 5.73 Å². The molecule has 0 saturated heterocycles. The van der Waals surface area contributed by atoms with Gasteiger partial charge in [-0.2, -0.15) is 5.10 Å². The first kappa shape index (κ1) is 13.2. The second-order valence-electron chi connectivity index (χ2n) is 4.57. The summed E-state index contributed by atoms with van der Waals surface area (Å²) in [7, 11) is 1.63. The van der Waals surface area contributed by atoms with Crippen molar-refractivity contribution in [3.05, 3.63) is 54.4 Å². The van der Waals surface area contributed by atoms with Crippen molar-refractivity contribution in [3.8, 4) is 22.4 Å². The van der Waals surface area contributed by atoms with Crippen LogP contribution in [0, 0.1) is 11.6 Å². The molecule has 0 aliphatic rings. The number of nitrogen functional groups attached to an aromatic ring is 1. The van der Waals surface area contributed by atoms with Crippen molar-refractivity contribution in [2.75, 3.05) is 5.73 Å². The molecule has 0 aliphatic carbocycles. The molecule has 0 spiro atoms. The number of aryl methyl sites for hydroxylation is 1. The van der Waals surface area contributed by atoms with Crippen LogP contribution in [0.5, 0.6) is 0 Å². The van der Waals surface area contributed by atoms with E-state index in [9.17, 15) is 8.78 Å². The van der Waals surface area contributed by atoms with Gasteiger partial charge in [-0.15, -0.1) is 0 Å². The van der Waals surface area contributed by atoms with Crippen molar-refractivity contribution in [2.45, 2.75) is 0 Å². The van der Waals surface area contributed by atoms with Crippen molar-refractivity contribution in [1.82, 2.24) is 14.8 Å². The number of aromatic nitrogens is 3. The lowest BCUT2D eigenvalue weighted by Gasteiger charge is -2.06. The molecular weight excluding hydrogens is 274 g/mol. The molecule has 21 heavy (non-hydrogen) atoms. The molecule has 0 amide bonds. The molecule has 6 heteroatoms. The lowest BCUT2D eigenvalue weighted by atomic mass is 10.0. The van der Waals surface area contributed by atoms with Crippen LogP contribution in [0.15, 0.2) is 42.7 Å². The predicted molar refractivity (Wildman–Crippen MR) is 76.2 cm³/mol. The maximum absolute atomic E-state index is 14.1. The van der Waals surface area contributed by atoms with Gasteiger partial charge in [0, 0.05) is 24.4 Å². The molecule has 0 atom stereocenters. The first-order valence-electron chi connectivity index (χ1n) is 6.27. The first-order valence-corrected chi connectivity index (χ1v) is 6.27. The van der Waals surface area contributed by atoms with E-state index in [-0.39, 0.29) is 16.9 Å². The van der Waals surface area contributed by atoms with Crippen molar-refractivity contribution < 1.29 is 8.78 Å². The molecule has 0 unspecified atom stereocenters. The Morgan fingerprint density at radius 3 is 2.52 bits per heavy atom. The number of halogens is 2. The molecule has 0 saturated carbocycles. The van der Waals surface area contributed by atoms with Gasteiger partial charge in [0.15, 0.2) is 5.82 Å². The van der Waals surface area contributed by atoms with Crippen molar-refractivity contribution >= 4 is 5.82 Å². The van der Waals surface area contributed by atoms with Crippen LogP contribution >= 0.6 is 0 Å². The summed E-state index contributed by atoms with van der Waals surface area (Å²) >= 11 is 0. The van der Waals surface area contributed by atoms with E-state index in [1.54, 1.807) is 25.2 Å². The number of rotatable bonds is 2. The fourth-order valence-corrected chi connectivity index (χ4v) is 2.22. The highest BCUT2D eigenvalue weighted by atomic mass is 19.1. The van der Waals surface area contributed by atoms with Crippen LogP contribution in [0.4, 0.5) is 14.6 Å². The number of pyridine rings is 1. The summed E-state index contributed by atoms with van der Waals surface area (Å²) in [6.45, 7) is 0. The monoisotopic (exact) mass is 286 g/mol. The third kappa shape index (κ3) is 2.14. The molecule has 4 nitrogen and oxygen atoms in total. The molecular formula is C15H12F2N4. The van der Waals surface area contributed by atoms with E-state index in [1.165, 1.54) is 23.0 Å². The second kappa shape index (κ2) is 4.97. The Labute approximate surface area is 119 Å². The molecule has 3 rings (SSSR count). The third-order valence-electron chi connectivity index (χ3n) is 3.26. The normalized spacial score (nSPS) is 10.8. The first-order chi connectivity index (χ1) is 10.1. The summed E-state index contributed by atoms with van der Waals surface area (Å²) in [6.07, 6.45) is 2.54. The number of hydrogen-bond acceptors (Lipinski definition) is 3. The van der Waals surface area contributed by atoms with Crippen molar-refractivity contribution in [1.29, 1.82) is 0 Å². The Kier molecular flexibility index (Phi) is 3.13. The maximum atomic E-state index is 14.1. The highest BCUT2D eigenvalue weighted by molar-refractivity contribution is 5.88. The minimum absolute atomic E-state index is 0.232. The van der Waals surface area contributed by atoms with Crippen LogP contribution in [0.2, 0.25) is 0 Å². The molecule has 0 aliphatic heterocycles. The van der Waals surface area contributed by atoms with Crippen molar-refractivity contribution in [2.24, 2.45) is 7.05 Å². The topological polar surface area (TPSA) is 56.7 Å². The fraction of sp³-hybridized carbons (Fsp3) is 0.0667. The summed E-state index contributed by atoms with van der Waals surface area (Å²) in [5.41, 5.74) is 7.17. The Morgan fingerprint density at radius 1 is 1.05 bits per heavy atom. The molecule has 3 aromatic rings. The van der Waals surface area contributed by atoms with E-state index in [2.05, 4.69) is 10.1 Å². The average Bonchev–Trinajstić information content (AvgIpc) is 2.76. The summed E-state index contributed by atoms with van der Waals surface area (Å²) in [5.74, 6) is -0.701. The van der Waals surface area contributed by atoms with Gasteiger partial charge in [-0.05, 0) is 12.1 Å². The Hall–Kier alpha value is -2.76. The van der Waals surface area contributed by atoms with Gasteiger partial charge in [0.1, 0.15) is 17.3 Å². The van der Waals surface area contributed by atoms with Crippen LogP contribution in [0.3, 0.4) is 0 Å². The number of benzene rings is 1. The quantitative estimate of drug-likeness (QED) is 0.788. The fourth-order valence-electron chi connectivity index (χ4n) is 2.22. The van der Waals surface area contributed by atoms with E-state index < -0.39 is 11.6 Å². The lowest BCUT2D eigenvalue weighted by molar-refractivity contribution is 0.623. The molecule has 2 N–H and O–H groups in total. The van der Waals surface area contributed by atoms with E-state index >= 15 is 0 Å². The average molecular weight is 286 g/mol. The third-order valence-corrected chi connectivity index (χ3v) is 3.26. The van der Waals surface area contributed by atoms with Crippen LogP contribution < -0.4 is 5.73 Å². The zero-order chi connectivity index (χ0) is 15.0. The van der Waals surface area contributed by atoms with Crippen LogP contribution in [0.1, 0.15) is 0 Å². The Bertz CT molecular complexity index is 811. The zero-order valence-electron chi connectivity index (χ0n) is 11.2. The largest absolute Gasteiger partial charge is 0.383 e. The molecule has 2 aromatic heterocycles. The second-order valence-corrected chi connectivity index (χ2v) is 4.57. The van der Waals surface area contributed by atoms with Gasteiger partial charge in [0.25, 0.3) is 0 Å². The Balaban J connectivity index is 2.32. The smallest absolute Gasteiger partial charge is 0.150 e. The van der Waals surface area contributed by atoms with Gasteiger partial charge in [-0.1, -0.05) is 18.2 Å². The van der Waals surface area contributed by atoms with Crippen molar-refractivity contribution in [3.63, 3.8) is 0 Å². The number of hydrogen-bond donors (Lipinski definition) is 1. The predicted octanol–water partition coefficient (Wildman–Crippen LogP) is 3.01. The van der Waals surface area contributed by atoms with Gasteiger partial charge >= 0.3 is 0 Å². The summed E-state index contributed by atoms with van der Waals surface area (Å²) in [6, 6.07) is 7.68. The summed E-state index contributed by atoms with van der Waals surface area (Å²) < 4.78 is 29.4. The molecule has 0 bridgehead atoms. The summed E-state index contributed by atoms with van der Waals surface area (Å²) in [4.78, 5) is 3.70. The lowest BCUT2D eigenvalue weighted by Crippen LogP contribution is -1.98. The van der Waals surface area contributed by atoms with Gasteiger partial charge in [0.2, 0.25) is 0 Å². The minimum atomic E-state index is -0.534. The van der Waals surface area contributed by atoms with Gasteiger partial charge in [-0.3, -0.25) is 9.67 Å². The van der Waals surface area contributed by atoms with E-state index in [4.69, 9.17) is 5.73 Å². The number of nitrogens with zero attached hydrogens (tertiary/aromatic N) is 3. The van der Waals surface area contributed by atoms with Crippen LogP contribution in [0.25, 0.3) is 22.4 Å². The van der Waals surface area contributed by atoms with E-state index in [0.717, 1.165) is 6.20 Å². The molecule has 2 heterocycles. The minimum Gasteiger partial charge on any atom is -0.383 e. The standard InChI is InChI=1S/C15H12F2N4/c1-21-15(18)13(9-4-2-3-5-11(9)16)14(20-21)10-6-7-19-8-12(10)17/h2-8H,18H2,1H3. The maximum Gasteiger partial charge on any atom is 0.150 e. The van der Waals surface area contributed by atoms with Gasteiger partial charge in [-0.25, -0.2) is 8.78 Å². The molecule has 1 aromatic carbocycles. The molecule has 106 valence electrons. The SMILES string of the molecule is Cn1nc(-c2ccncc2F)c(-c2ccccc2F)c1N. The van der Waals surface area contributed by atoms with Crippen LogP contribution in [-0.4, -0.2) is 14.8 Å². The summed E-state index contributed by atoms with van der Waals surface area (Å²) in [5, 5.41) is 4.22.